The van der Waals surface area contributed by atoms with Crippen LogP contribution in [0.4, 0.5) is 22.0 Å². The molecule has 0 spiro atoms. The van der Waals surface area contributed by atoms with Crippen LogP contribution in [-0.2, 0) is 0 Å². The summed E-state index contributed by atoms with van der Waals surface area (Å²) >= 11 is 0. The van der Waals surface area contributed by atoms with Crippen LogP contribution < -0.4 is 0 Å². The number of benzene rings is 2. The van der Waals surface area contributed by atoms with Crippen molar-refractivity contribution in [2.24, 2.45) is 5.92 Å². The molecule has 1 aliphatic carbocycles. The molecule has 1 aliphatic rings. The summed E-state index contributed by atoms with van der Waals surface area (Å²) in [6, 6.07) is 3.80. The number of hydrogen-bond acceptors (Lipinski definition) is 0. The summed E-state index contributed by atoms with van der Waals surface area (Å²) < 4.78 is 67.8. The first kappa shape index (κ1) is 18.9. The average Bonchev–Trinajstić information content (AvgIpc) is 2.58. The van der Waals surface area contributed by atoms with E-state index in [1.807, 2.05) is 0 Å². The molecule has 5 heteroatoms. The molecule has 0 bridgehead atoms. The second-order valence-corrected chi connectivity index (χ2v) is 7.13. The molecule has 140 valence electrons. The fourth-order valence-electron chi connectivity index (χ4n) is 4.12. The highest BCUT2D eigenvalue weighted by atomic mass is 19.3. The van der Waals surface area contributed by atoms with Gasteiger partial charge in [0, 0.05) is 6.08 Å². The van der Waals surface area contributed by atoms with E-state index in [2.05, 4.69) is 6.92 Å². The average molecular weight is 368 g/mol. The van der Waals surface area contributed by atoms with Crippen molar-refractivity contribution in [3.05, 3.63) is 52.9 Å². The maximum absolute atomic E-state index is 14.5. The lowest BCUT2D eigenvalue weighted by atomic mass is 9.77. The largest absolute Gasteiger partial charge is 0.271 e. The van der Waals surface area contributed by atoms with Crippen molar-refractivity contribution >= 4 is 16.8 Å². The zero-order valence-corrected chi connectivity index (χ0v) is 14.6. The highest BCUT2D eigenvalue weighted by Gasteiger charge is 2.24. The predicted octanol–water partition coefficient (Wildman–Crippen LogP) is 7.57. The Bertz CT molecular complexity index is 828. The molecule has 0 saturated heterocycles. The van der Waals surface area contributed by atoms with Gasteiger partial charge in [0.15, 0.2) is 0 Å². The molecule has 0 heterocycles. The van der Waals surface area contributed by atoms with Gasteiger partial charge in [0.05, 0.1) is 10.9 Å². The summed E-state index contributed by atoms with van der Waals surface area (Å²) in [5.74, 6) is -2.38. The molecule has 0 aliphatic heterocycles. The Balaban J connectivity index is 1.98. The summed E-state index contributed by atoms with van der Waals surface area (Å²) in [5.41, 5.74) is -0.187. The fourth-order valence-corrected chi connectivity index (χ4v) is 4.12. The van der Waals surface area contributed by atoms with Crippen LogP contribution in [0.1, 0.15) is 62.5 Å². The lowest BCUT2D eigenvalue weighted by Crippen LogP contribution is -2.13. The quantitative estimate of drug-likeness (QED) is 0.488. The molecule has 0 nitrogen and oxygen atoms in total. The Hall–Kier alpha value is -1.91. The van der Waals surface area contributed by atoms with Crippen molar-refractivity contribution < 1.29 is 22.0 Å². The third kappa shape index (κ3) is 3.76. The molecule has 3 rings (SSSR count). The summed E-state index contributed by atoms with van der Waals surface area (Å²) in [7, 11) is 0. The second-order valence-electron chi connectivity index (χ2n) is 7.13. The number of fused-ring (bicyclic) bond motifs is 1. The fraction of sp³-hybridized carbons (Fsp3) is 0.429. The molecule has 0 unspecified atom stereocenters. The predicted molar refractivity (Wildman–Crippen MR) is 93.6 cm³/mol. The minimum Gasteiger partial charge on any atom is -0.206 e. The number of rotatable bonds is 4. The van der Waals surface area contributed by atoms with Crippen LogP contribution in [0.2, 0.25) is 0 Å². The van der Waals surface area contributed by atoms with Crippen LogP contribution in [0.3, 0.4) is 0 Å². The van der Waals surface area contributed by atoms with E-state index in [0.717, 1.165) is 43.7 Å². The van der Waals surface area contributed by atoms with Crippen molar-refractivity contribution in [3.8, 4) is 0 Å². The van der Waals surface area contributed by atoms with Gasteiger partial charge >= 0.3 is 0 Å². The molecule has 0 N–H and O–H groups in total. The van der Waals surface area contributed by atoms with Crippen molar-refractivity contribution in [1.29, 1.82) is 0 Å². The maximum Gasteiger partial charge on any atom is 0.271 e. The Morgan fingerprint density at radius 1 is 1.00 bits per heavy atom. The Morgan fingerprint density at radius 3 is 2.31 bits per heavy atom. The second kappa shape index (κ2) is 7.77. The molecule has 0 aromatic heterocycles. The van der Waals surface area contributed by atoms with Gasteiger partial charge in [0.2, 0.25) is 0 Å². The Kier molecular flexibility index (Phi) is 5.64. The Morgan fingerprint density at radius 2 is 1.69 bits per heavy atom. The zero-order valence-electron chi connectivity index (χ0n) is 14.6. The van der Waals surface area contributed by atoms with Crippen molar-refractivity contribution in [2.75, 3.05) is 0 Å². The third-order valence-corrected chi connectivity index (χ3v) is 5.41. The van der Waals surface area contributed by atoms with Crippen molar-refractivity contribution in [3.63, 3.8) is 0 Å². The summed E-state index contributed by atoms with van der Waals surface area (Å²) in [4.78, 5) is 0. The zero-order chi connectivity index (χ0) is 18.8. The molecular formula is C21H21F5. The van der Waals surface area contributed by atoms with Crippen LogP contribution in [0.5, 0.6) is 0 Å². The lowest BCUT2D eigenvalue weighted by molar-refractivity contribution is 0.308. The van der Waals surface area contributed by atoms with E-state index in [0.29, 0.717) is 5.92 Å². The lowest BCUT2D eigenvalue weighted by Gasteiger charge is -2.29. The monoisotopic (exact) mass is 368 g/mol. The van der Waals surface area contributed by atoms with Gasteiger partial charge in [-0.15, -0.1) is 0 Å². The van der Waals surface area contributed by atoms with Gasteiger partial charge in [-0.2, -0.15) is 8.78 Å². The standard InChI is InChI=1S/C21H21F5/c1-2-3-12-4-6-13(7-5-12)14-8-15-10-17(22)16(11-19(24)25)21(26)20(15)18(23)9-14/h8-13H,2-7H2,1H3. The van der Waals surface area contributed by atoms with Gasteiger partial charge in [-0.3, -0.25) is 0 Å². The van der Waals surface area contributed by atoms with Gasteiger partial charge in [-0.25, -0.2) is 13.2 Å². The molecule has 0 radical (unpaired) electrons. The van der Waals surface area contributed by atoms with Gasteiger partial charge in [0.1, 0.15) is 17.5 Å². The molecule has 1 saturated carbocycles. The van der Waals surface area contributed by atoms with Gasteiger partial charge in [0.25, 0.3) is 6.08 Å². The Labute approximate surface area is 149 Å². The SMILES string of the molecule is CCCC1CCC(c2cc(F)c3c(F)c(C=C(F)F)c(F)cc3c2)CC1. The minimum absolute atomic E-state index is 0.0714. The van der Waals surface area contributed by atoms with Crippen molar-refractivity contribution in [1.82, 2.24) is 0 Å². The highest BCUT2D eigenvalue weighted by Crippen LogP contribution is 2.39. The first-order valence-electron chi connectivity index (χ1n) is 9.04. The molecule has 0 amide bonds. The molecule has 2 aromatic rings. The van der Waals surface area contributed by atoms with E-state index in [4.69, 9.17) is 0 Å². The van der Waals surface area contributed by atoms with Crippen molar-refractivity contribution in [2.45, 2.75) is 51.4 Å². The smallest absolute Gasteiger partial charge is 0.206 e. The molecule has 26 heavy (non-hydrogen) atoms. The molecule has 2 aromatic carbocycles. The van der Waals surface area contributed by atoms with Gasteiger partial charge in [-0.05, 0) is 60.6 Å². The van der Waals surface area contributed by atoms with E-state index >= 15 is 0 Å². The van der Waals surface area contributed by atoms with Gasteiger partial charge in [-0.1, -0.05) is 25.8 Å². The van der Waals surface area contributed by atoms with Crippen LogP contribution in [-0.4, -0.2) is 0 Å². The van der Waals surface area contributed by atoms with Crippen LogP contribution in [0.25, 0.3) is 16.8 Å². The van der Waals surface area contributed by atoms with E-state index in [1.165, 1.54) is 12.5 Å². The van der Waals surface area contributed by atoms with Gasteiger partial charge < -0.3 is 0 Å². The summed E-state index contributed by atoms with van der Waals surface area (Å²) in [5, 5.41) is -0.371. The first-order valence-corrected chi connectivity index (χ1v) is 9.04. The number of halogens is 5. The summed E-state index contributed by atoms with van der Waals surface area (Å²) in [6.07, 6.45) is 4.18. The first-order chi connectivity index (χ1) is 12.4. The van der Waals surface area contributed by atoms with Crippen LogP contribution in [0.15, 0.2) is 24.3 Å². The van der Waals surface area contributed by atoms with E-state index in [-0.39, 0.29) is 17.4 Å². The maximum atomic E-state index is 14.5. The van der Waals surface area contributed by atoms with E-state index in [1.54, 1.807) is 6.07 Å². The van der Waals surface area contributed by atoms with Crippen LogP contribution >= 0.6 is 0 Å². The highest BCUT2D eigenvalue weighted by molar-refractivity contribution is 5.87. The van der Waals surface area contributed by atoms with E-state index in [9.17, 15) is 22.0 Å². The number of hydrogen-bond donors (Lipinski definition) is 0. The molecule has 1 fully saturated rings. The molecule has 0 atom stereocenters. The third-order valence-electron chi connectivity index (χ3n) is 5.41. The van der Waals surface area contributed by atoms with E-state index < -0.39 is 34.5 Å². The normalized spacial score (nSPS) is 20.4. The minimum atomic E-state index is -2.23. The molecular weight excluding hydrogens is 347 g/mol. The summed E-state index contributed by atoms with van der Waals surface area (Å²) in [6.45, 7) is 2.16. The topological polar surface area (TPSA) is 0 Å². The van der Waals surface area contributed by atoms with Crippen LogP contribution in [0, 0.1) is 23.4 Å².